The molecule has 0 aliphatic rings. The summed E-state index contributed by atoms with van der Waals surface area (Å²) in [5.41, 5.74) is -0.407. The van der Waals surface area contributed by atoms with Crippen LogP contribution in [0.15, 0.2) is 0 Å². The highest BCUT2D eigenvalue weighted by Crippen LogP contribution is 2.08. The first-order valence-corrected chi connectivity index (χ1v) is 3.94. The molecule has 1 amide bonds. The maximum Gasteiger partial charge on any atom is 0.233 e. The summed E-state index contributed by atoms with van der Waals surface area (Å²) in [6.45, 7) is 7.31. The zero-order chi connectivity index (χ0) is 9.78. The van der Waals surface area contributed by atoms with Crippen LogP contribution < -0.4 is 0 Å². The van der Waals surface area contributed by atoms with Gasteiger partial charge in [-0.2, -0.15) is 0 Å². The fraction of sp³-hybridized carbons (Fsp3) is 0.875. The summed E-state index contributed by atoms with van der Waals surface area (Å²) in [5.74, 6) is 0. The SMILES string of the molecule is CC(O)CN(C=O)OC(C)(C)C. The number of aliphatic hydroxyl groups excluding tert-OH is 1. The normalized spacial score (nSPS) is 14.1. The van der Waals surface area contributed by atoms with Crippen molar-refractivity contribution in [1.82, 2.24) is 5.06 Å². The Morgan fingerprint density at radius 1 is 1.58 bits per heavy atom. The monoisotopic (exact) mass is 175 g/mol. The maximum absolute atomic E-state index is 10.4. The van der Waals surface area contributed by atoms with Crippen molar-refractivity contribution in [3.8, 4) is 0 Å². The van der Waals surface area contributed by atoms with E-state index in [9.17, 15) is 4.79 Å². The average molecular weight is 175 g/mol. The molecule has 0 bridgehead atoms. The first-order chi connectivity index (χ1) is 5.35. The lowest BCUT2D eigenvalue weighted by atomic mass is 10.2. The Balaban J connectivity index is 3.92. The third-order valence-corrected chi connectivity index (χ3v) is 0.953. The number of hydrogen-bond acceptors (Lipinski definition) is 3. The van der Waals surface area contributed by atoms with E-state index in [1.807, 2.05) is 20.8 Å². The second-order valence-electron chi connectivity index (χ2n) is 3.76. The number of rotatable bonds is 4. The molecule has 12 heavy (non-hydrogen) atoms. The van der Waals surface area contributed by atoms with Gasteiger partial charge in [-0.1, -0.05) is 0 Å². The molecule has 0 heterocycles. The predicted octanol–water partition coefficient (Wildman–Crippen LogP) is 0.556. The minimum atomic E-state index is -0.572. The van der Waals surface area contributed by atoms with Crippen LogP contribution in [-0.4, -0.2) is 34.8 Å². The molecule has 0 saturated heterocycles. The molecule has 0 aromatic heterocycles. The van der Waals surface area contributed by atoms with Gasteiger partial charge in [-0.3, -0.25) is 9.63 Å². The van der Waals surface area contributed by atoms with E-state index < -0.39 is 11.7 Å². The van der Waals surface area contributed by atoms with E-state index in [1.165, 1.54) is 0 Å². The molecule has 0 aliphatic heterocycles. The molecule has 0 aliphatic carbocycles. The second kappa shape index (κ2) is 4.42. The van der Waals surface area contributed by atoms with Gasteiger partial charge in [0.05, 0.1) is 18.2 Å². The molecular weight excluding hydrogens is 158 g/mol. The van der Waals surface area contributed by atoms with E-state index in [-0.39, 0.29) is 6.54 Å². The first-order valence-electron chi connectivity index (χ1n) is 3.94. The largest absolute Gasteiger partial charge is 0.391 e. The molecule has 0 aromatic carbocycles. The van der Waals surface area contributed by atoms with Crippen molar-refractivity contribution < 1.29 is 14.7 Å². The third-order valence-electron chi connectivity index (χ3n) is 0.953. The van der Waals surface area contributed by atoms with Gasteiger partial charge in [0.15, 0.2) is 0 Å². The van der Waals surface area contributed by atoms with Gasteiger partial charge in [-0.25, -0.2) is 5.06 Å². The number of hydrogen-bond donors (Lipinski definition) is 1. The molecular formula is C8H17NO3. The summed E-state index contributed by atoms with van der Waals surface area (Å²) >= 11 is 0. The molecule has 0 aromatic rings. The summed E-state index contributed by atoms with van der Waals surface area (Å²) in [7, 11) is 0. The molecule has 72 valence electrons. The van der Waals surface area contributed by atoms with Crippen LogP contribution in [0.25, 0.3) is 0 Å². The molecule has 0 saturated carbocycles. The standard InChI is InChI=1S/C8H17NO3/c1-7(11)5-9(6-10)12-8(2,3)4/h6-7,11H,5H2,1-4H3. The molecule has 4 nitrogen and oxygen atoms in total. The summed E-state index contributed by atoms with van der Waals surface area (Å²) in [6.07, 6.45) is -0.00428. The Kier molecular flexibility index (Phi) is 4.20. The molecule has 1 N–H and O–H groups in total. The minimum Gasteiger partial charge on any atom is -0.391 e. The fourth-order valence-corrected chi connectivity index (χ4v) is 0.714. The van der Waals surface area contributed by atoms with Crippen molar-refractivity contribution in [3.63, 3.8) is 0 Å². The first kappa shape index (κ1) is 11.4. The van der Waals surface area contributed by atoms with E-state index in [1.54, 1.807) is 6.92 Å². The van der Waals surface area contributed by atoms with E-state index >= 15 is 0 Å². The Labute approximate surface area is 73.1 Å². The number of aliphatic hydroxyl groups is 1. The van der Waals surface area contributed by atoms with Crippen LogP contribution >= 0.6 is 0 Å². The van der Waals surface area contributed by atoms with Gasteiger partial charge >= 0.3 is 0 Å². The van der Waals surface area contributed by atoms with Crippen LogP contribution in [0.1, 0.15) is 27.7 Å². The van der Waals surface area contributed by atoms with Gasteiger partial charge in [0.2, 0.25) is 6.41 Å². The zero-order valence-corrected chi connectivity index (χ0v) is 8.07. The van der Waals surface area contributed by atoms with Crippen LogP contribution in [0.5, 0.6) is 0 Å². The van der Waals surface area contributed by atoms with Gasteiger partial charge in [0.25, 0.3) is 0 Å². The fourth-order valence-electron chi connectivity index (χ4n) is 0.714. The lowest BCUT2D eigenvalue weighted by Crippen LogP contribution is -2.37. The zero-order valence-electron chi connectivity index (χ0n) is 8.07. The van der Waals surface area contributed by atoms with Gasteiger partial charge in [-0.15, -0.1) is 0 Å². The van der Waals surface area contributed by atoms with Crippen LogP contribution in [0.2, 0.25) is 0 Å². The average Bonchev–Trinajstić information content (AvgIpc) is 1.82. The summed E-state index contributed by atoms with van der Waals surface area (Å²) in [5, 5.41) is 10.1. The van der Waals surface area contributed by atoms with Crippen molar-refractivity contribution in [2.24, 2.45) is 0 Å². The van der Waals surface area contributed by atoms with Gasteiger partial charge < -0.3 is 5.11 Å². The van der Waals surface area contributed by atoms with Crippen molar-refractivity contribution >= 4 is 6.41 Å². The highest BCUT2D eigenvalue weighted by Gasteiger charge is 2.16. The Hall–Kier alpha value is -0.610. The lowest BCUT2D eigenvalue weighted by Gasteiger charge is -2.27. The number of nitrogens with zero attached hydrogens (tertiary/aromatic N) is 1. The topological polar surface area (TPSA) is 49.8 Å². The molecule has 4 heteroatoms. The number of carbonyl (C=O) groups excluding carboxylic acids is 1. The van der Waals surface area contributed by atoms with Gasteiger partial charge in [-0.05, 0) is 27.7 Å². The molecule has 0 rings (SSSR count). The van der Waals surface area contributed by atoms with Gasteiger partial charge in [0.1, 0.15) is 0 Å². The van der Waals surface area contributed by atoms with Crippen LogP contribution in [0.4, 0.5) is 0 Å². The highest BCUT2D eigenvalue weighted by atomic mass is 16.7. The molecule has 0 fully saturated rings. The molecule has 1 unspecified atom stereocenters. The van der Waals surface area contributed by atoms with Crippen molar-refractivity contribution in [2.75, 3.05) is 6.54 Å². The molecule has 0 spiro atoms. The minimum absolute atomic E-state index is 0.195. The Bertz CT molecular complexity index is 140. The maximum atomic E-state index is 10.4. The second-order valence-corrected chi connectivity index (χ2v) is 3.76. The van der Waals surface area contributed by atoms with Crippen molar-refractivity contribution in [3.05, 3.63) is 0 Å². The summed E-state index contributed by atoms with van der Waals surface area (Å²) in [4.78, 5) is 15.6. The van der Waals surface area contributed by atoms with E-state index in [2.05, 4.69) is 0 Å². The predicted molar refractivity (Wildman–Crippen MR) is 45.3 cm³/mol. The lowest BCUT2D eigenvalue weighted by molar-refractivity contribution is -0.222. The molecule has 0 radical (unpaired) electrons. The van der Waals surface area contributed by atoms with Crippen LogP contribution in [0.3, 0.4) is 0 Å². The van der Waals surface area contributed by atoms with E-state index in [0.717, 1.165) is 5.06 Å². The molecule has 1 atom stereocenters. The summed E-state index contributed by atoms with van der Waals surface area (Å²) in [6, 6.07) is 0. The Morgan fingerprint density at radius 3 is 2.33 bits per heavy atom. The Morgan fingerprint density at radius 2 is 2.08 bits per heavy atom. The van der Waals surface area contributed by atoms with Crippen LogP contribution in [-0.2, 0) is 9.63 Å². The summed E-state index contributed by atoms with van der Waals surface area (Å²) < 4.78 is 0. The van der Waals surface area contributed by atoms with Crippen molar-refractivity contribution in [1.29, 1.82) is 0 Å². The number of hydroxylamine groups is 2. The van der Waals surface area contributed by atoms with E-state index in [0.29, 0.717) is 6.41 Å². The van der Waals surface area contributed by atoms with Crippen LogP contribution in [0, 0.1) is 0 Å². The smallest absolute Gasteiger partial charge is 0.233 e. The quantitative estimate of drug-likeness (QED) is 0.501. The van der Waals surface area contributed by atoms with E-state index in [4.69, 9.17) is 9.94 Å². The number of amides is 1. The van der Waals surface area contributed by atoms with Crippen molar-refractivity contribution in [2.45, 2.75) is 39.4 Å². The number of carbonyl (C=O) groups is 1. The highest BCUT2D eigenvalue weighted by molar-refractivity contribution is 5.45. The third kappa shape index (κ3) is 6.12. The van der Waals surface area contributed by atoms with Gasteiger partial charge in [0, 0.05) is 0 Å².